The number of nitrogens with one attached hydrogen (secondary N) is 2. The maximum absolute atomic E-state index is 12.9. The maximum Gasteiger partial charge on any atom is 0.256 e. The summed E-state index contributed by atoms with van der Waals surface area (Å²) in [6.45, 7) is 2.87. The molecule has 114 valence electrons. The minimum atomic E-state index is -0.231. The number of aromatic amines is 1. The monoisotopic (exact) mass is 297 g/mol. The van der Waals surface area contributed by atoms with Gasteiger partial charge < -0.3 is 15.2 Å². The van der Waals surface area contributed by atoms with E-state index in [1.165, 1.54) is 0 Å². The van der Waals surface area contributed by atoms with Crippen LogP contribution in [0.3, 0.4) is 0 Å². The van der Waals surface area contributed by atoms with Crippen LogP contribution in [-0.2, 0) is 4.79 Å². The van der Waals surface area contributed by atoms with Gasteiger partial charge in [0.25, 0.3) is 5.91 Å². The molecule has 1 aliphatic rings. The molecule has 1 aromatic carbocycles. The Morgan fingerprint density at radius 3 is 2.68 bits per heavy atom. The topological polar surface area (TPSA) is 65.2 Å². The van der Waals surface area contributed by atoms with Crippen LogP contribution in [0.15, 0.2) is 42.6 Å². The van der Waals surface area contributed by atoms with Gasteiger partial charge in [-0.05, 0) is 18.6 Å². The fourth-order valence-electron chi connectivity index (χ4n) is 2.88. The number of benzene rings is 1. The summed E-state index contributed by atoms with van der Waals surface area (Å²) in [4.78, 5) is 29.7. The Morgan fingerprint density at radius 2 is 2.00 bits per heavy atom. The number of amides is 2. The van der Waals surface area contributed by atoms with E-state index in [-0.39, 0.29) is 17.9 Å². The molecule has 1 unspecified atom stereocenters. The number of rotatable bonds is 2. The molecule has 2 N–H and O–H groups in total. The minimum Gasteiger partial charge on any atom is -0.365 e. The highest BCUT2D eigenvalue weighted by atomic mass is 16.2. The molecule has 5 nitrogen and oxygen atoms in total. The summed E-state index contributed by atoms with van der Waals surface area (Å²) >= 11 is 0. The molecule has 0 aliphatic carbocycles. The fraction of sp³-hybridized carbons (Fsp3) is 0.294. The standard InChI is InChI=1S/C17H19N3O2/c1-12-14(7-8-18-12)17(22)20-10-9-19-16(21)11-15(20)13-5-3-2-4-6-13/h2-8,15,18H,9-11H2,1H3,(H,19,21). The van der Waals surface area contributed by atoms with Crippen molar-refractivity contribution in [3.05, 3.63) is 59.4 Å². The SMILES string of the molecule is Cc1[nH]ccc1C(=O)N1CCNC(=O)CC1c1ccccc1. The third-order valence-electron chi connectivity index (χ3n) is 4.06. The van der Waals surface area contributed by atoms with Crippen molar-refractivity contribution in [2.75, 3.05) is 13.1 Å². The smallest absolute Gasteiger partial charge is 0.256 e. The lowest BCUT2D eigenvalue weighted by molar-refractivity contribution is -0.121. The molecule has 22 heavy (non-hydrogen) atoms. The first-order valence-electron chi connectivity index (χ1n) is 7.43. The highest BCUT2D eigenvalue weighted by Crippen LogP contribution is 2.27. The van der Waals surface area contributed by atoms with Crippen molar-refractivity contribution in [2.24, 2.45) is 0 Å². The summed E-state index contributed by atoms with van der Waals surface area (Å²) < 4.78 is 0. The maximum atomic E-state index is 12.9. The molecule has 2 aromatic rings. The van der Waals surface area contributed by atoms with Crippen LogP contribution in [-0.4, -0.2) is 34.8 Å². The molecule has 0 bridgehead atoms. The van der Waals surface area contributed by atoms with E-state index in [2.05, 4.69) is 10.3 Å². The second kappa shape index (κ2) is 6.05. The molecule has 1 saturated heterocycles. The quantitative estimate of drug-likeness (QED) is 0.890. The molecule has 1 fully saturated rings. The number of hydrogen-bond acceptors (Lipinski definition) is 2. The molecule has 0 spiro atoms. The van der Waals surface area contributed by atoms with Gasteiger partial charge in [-0.2, -0.15) is 0 Å². The Labute approximate surface area is 129 Å². The predicted molar refractivity (Wildman–Crippen MR) is 83.4 cm³/mol. The van der Waals surface area contributed by atoms with Crippen molar-refractivity contribution in [1.82, 2.24) is 15.2 Å². The first-order valence-corrected chi connectivity index (χ1v) is 7.43. The zero-order valence-corrected chi connectivity index (χ0v) is 12.5. The van der Waals surface area contributed by atoms with Gasteiger partial charge in [0, 0.05) is 25.0 Å². The lowest BCUT2D eigenvalue weighted by Gasteiger charge is -2.29. The molecular formula is C17H19N3O2. The molecule has 2 amide bonds. The Morgan fingerprint density at radius 1 is 1.23 bits per heavy atom. The fourth-order valence-corrected chi connectivity index (χ4v) is 2.88. The Hall–Kier alpha value is -2.56. The van der Waals surface area contributed by atoms with Crippen molar-refractivity contribution in [2.45, 2.75) is 19.4 Å². The van der Waals surface area contributed by atoms with E-state index in [0.717, 1.165) is 11.3 Å². The third-order valence-corrected chi connectivity index (χ3v) is 4.06. The zero-order valence-electron chi connectivity index (χ0n) is 12.5. The van der Waals surface area contributed by atoms with Crippen molar-refractivity contribution < 1.29 is 9.59 Å². The highest BCUT2D eigenvalue weighted by Gasteiger charge is 2.31. The van der Waals surface area contributed by atoms with E-state index in [1.807, 2.05) is 37.3 Å². The van der Waals surface area contributed by atoms with Crippen LogP contribution >= 0.6 is 0 Å². The average molecular weight is 297 g/mol. The van der Waals surface area contributed by atoms with Gasteiger partial charge in [0.2, 0.25) is 5.91 Å². The van der Waals surface area contributed by atoms with Crippen LogP contribution in [0.1, 0.15) is 34.1 Å². The number of aryl methyl sites for hydroxylation is 1. The summed E-state index contributed by atoms with van der Waals surface area (Å²) in [7, 11) is 0. The predicted octanol–water partition coefficient (Wildman–Crippen LogP) is 2.03. The van der Waals surface area contributed by atoms with Crippen molar-refractivity contribution in [3.8, 4) is 0 Å². The van der Waals surface area contributed by atoms with Gasteiger partial charge in [-0.1, -0.05) is 30.3 Å². The first kappa shape index (κ1) is 14.4. The van der Waals surface area contributed by atoms with E-state index < -0.39 is 0 Å². The molecule has 1 aromatic heterocycles. The van der Waals surface area contributed by atoms with Gasteiger partial charge in [-0.15, -0.1) is 0 Å². The third kappa shape index (κ3) is 2.74. The van der Waals surface area contributed by atoms with E-state index >= 15 is 0 Å². The Balaban J connectivity index is 1.96. The van der Waals surface area contributed by atoms with E-state index in [9.17, 15) is 9.59 Å². The van der Waals surface area contributed by atoms with Crippen molar-refractivity contribution in [3.63, 3.8) is 0 Å². The molecule has 1 aliphatic heterocycles. The van der Waals surface area contributed by atoms with Gasteiger partial charge >= 0.3 is 0 Å². The zero-order chi connectivity index (χ0) is 15.5. The summed E-state index contributed by atoms with van der Waals surface area (Å²) in [5.74, 6) is -0.0564. The van der Waals surface area contributed by atoms with E-state index in [4.69, 9.17) is 0 Å². The lowest BCUT2D eigenvalue weighted by Crippen LogP contribution is -2.36. The van der Waals surface area contributed by atoms with Crippen molar-refractivity contribution in [1.29, 1.82) is 0 Å². The first-order chi connectivity index (χ1) is 10.7. The van der Waals surface area contributed by atoms with Crippen LogP contribution < -0.4 is 5.32 Å². The summed E-state index contributed by atoms with van der Waals surface area (Å²) in [5.41, 5.74) is 2.50. The van der Waals surface area contributed by atoms with Crippen LogP contribution in [0.5, 0.6) is 0 Å². The molecule has 0 saturated carbocycles. The average Bonchev–Trinajstić information content (AvgIpc) is 2.86. The molecule has 2 heterocycles. The largest absolute Gasteiger partial charge is 0.365 e. The summed E-state index contributed by atoms with van der Waals surface area (Å²) in [6, 6.07) is 11.3. The molecule has 0 radical (unpaired) electrons. The number of H-pyrrole nitrogens is 1. The molecule has 5 heteroatoms. The minimum absolute atomic E-state index is 0.0186. The van der Waals surface area contributed by atoms with Gasteiger partial charge in [0.05, 0.1) is 18.0 Å². The van der Waals surface area contributed by atoms with Gasteiger partial charge in [-0.3, -0.25) is 9.59 Å². The van der Waals surface area contributed by atoms with Crippen LogP contribution in [0, 0.1) is 6.92 Å². The van der Waals surface area contributed by atoms with Gasteiger partial charge in [-0.25, -0.2) is 0 Å². The second-order valence-corrected chi connectivity index (χ2v) is 5.50. The number of hydrogen-bond donors (Lipinski definition) is 2. The molecule has 3 rings (SSSR count). The summed E-state index contributed by atoms with van der Waals surface area (Å²) in [5, 5.41) is 2.85. The number of carbonyl (C=O) groups is 2. The Bertz CT molecular complexity index is 678. The number of carbonyl (C=O) groups excluding carboxylic acids is 2. The van der Waals surface area contributed by atoms with Crippen LogP contribution in [0.4, 0.5) is 0 Å². The van der Waals surface area contributed by atoms with Crippen LogP contribution in [0.2, 0.25) is 0 Å². The summed E-state index contributed by atoms with van der Waals surface area (Å²) in [6.07, 6.45) is 2.06. The molecular weight excluding hydrogens is 278 g/mol. The number of nitrogens with zero attached hydrogens (tertiary/aromatic N) is 1. The highest BCUT2D eigenvalue weighted by molar-refractivity contribution is 5.96. The lowest BCUT2D eigenvalue weighted by atomic mass is 10.0. The molecule has 1 atom stereocenters. The van der Waals surface area contributed by atoms with E-state index in [1.54, 1.807) is 17.2 Å². The Kier molecular flexibility index (Phi) is 3.96. The van der Waals surface area contributed by atoms with E-state index in [0.29, 0.717) is 25.1 Å². The van der Waals surface area contributed by atoms with Crippen molar-refractivity contribution >= 4 is 11.8 Å². The normalized spacial score (nSPS) is 18.7. The van der Waals surface area contributed by atoms with Crippen LogP contribution in [0.25, 0.3) is 0 Å². The van der Waals surface area contributed by atoms with Gasteiger partial charge in [0.1, 0.15) is 0 Å². The number of aromatic nitrogens is 1. The van der Waals surface area contributed by atoms with Gasteiger partial charge in [0.15, 0.2) is 0 Å². The second-order valence-electron chi connectivity index (χ2n) is 5.50.